The number of hydrogen-bond acceptors (Lipinski definition) is 4. The lowest BCUT2D eigenvalue weighted by atomic mass is 10.2. The maximum atomic E-state index is 12.9. The summed E-state index contributed by atoms with van der Waals surface area (Å²) in [6, 6.07) is 5.02. The molecule has 154 valence electrons. The molecule has 0 saturated carbocycles. The Labute approximate surface area is 180 Å². The van der Waals surface area contributed by atoms with Gasteiger partial charge in [-0.15, -0.1) is 5.10 Å². The maximum Gasteiger partial charge on any atom is 0.436 e. The molecule has 1 aromatic carbocycles. The van der Waals surface area contributed by atoms with E-state index in [2.05, 4.69) is 36.4 Å². The van der Waals surface area contributed by atoms with Crippen molar-refractivity contribution >= 4 is 51.0 Å². The number of benzene rings is 1. The van der Waals surface area contributed by atoms with Crippen molar-refractivity contribution in [2.24, 2.45) is 0 Å². The number of nitrogens with zero attached hydrogens (tertiary/aromatic N) is 5. The van der Waals surface area contributed by atoms with Gasteiger partial charge in [-0.25, -0.2) is 9.67 Å². The van der Waals surface area contributed by atoms with Gasteiger partial charge in [0, 0.05) is 10.0 Å². The first-order valence-electron chi connectivity index (χ1n) is 7.98. The summed E-state index contributed by atoms with van der Waals surface area (Å²) in [6.07, 6.45) is -3.24. The van der Waals surface area contributed by atoms with E-state index in [9.17, 15) is 18.0 Å². The summed E-state index contributed by atoms with van der Waals surface area (Å²) < 4.78 is 40.9. The van der Waals surface area contributed by atoms with E-state index < -0.39 is 24.3 Å². The Morgan fingerprint density at radius 2 is 2.00 bits per heavy atom. The Kier molecular flexibility index (Phi) is 6.20. The van der Waals surface area contributed by atoms with E-state index in [1.54, 1.807) is 18.2 Å². The third-order valence-electron chi connectivity index (χ3n) is 3.83. The van der Waals surface area contributed by atoms with Gasteiger partial charge in [0.05, 0.1) is 16.7 Å². The lowest BCUT2D eigenvalue weighted by Crippen LogP contribution is -2.21. The molecule has 13 heteroatoms. The van der Waals surface area contributed by atoms with Gasteiger partial charge in [-0.3, -0.25) is 14.8 Å². The van der Waals surface area contributed by atoms with E-state index in [0.717, 1.165) is 10.2 Å². The Morgan fingerprint density at radius 1 is 1.28 bits per heavy atom. The molecule has 0 aliphatic rings. The van der Waals surface area contributed by atoms with Crippen LogP contribution in [0.25, 0.3) is 0 Å². The second-order valence-electron chi connectivity index (χ2n) is 5.95. The Bertz CT molecular complexity index is 1070. The van der Waals surface area contributed by atoms with Crippen LogP contribution in [0, 0.1) is 6.92 Å². The first kappa shape index (κ1) is 21.6. The number of halogens is 6. The van der Waals surface area contributed by atoms with Crippen LogP contribution in [-0.4, -0.2) is 30.5 Å². The van der Waals surface area contributed by atoms with E-state index in [-0.39, 0.29) is 16.1 Å². The molecule has 3 aromatic rings. The third kappa shape index (κ3) is 5.09. The number of amides is 1. The van der Waals surface area contributed by atoms with Crippen molar-refractivity contribution in [3.8, 4) is 0 Å². The van der Waals surface area contributed by atoms with Gasteiger partial charge in [0.2, 0.25) is 11.9 Å². The minimum Gasteiger partial charge on any atom is -0.292 e. The van der Waals surface area contributed by atoms with E-state index in [1.807, 2.05) is 0 Å². The molecule has 0 radical (unpaired) electrons. The molecule has 0 spiro atoms. The lowest BCUT2D eigenvalue weighted by molar-refractivity contribution is -0.142. The van der Waals surface area contributed by atoms with Gasteiger partial charge in [-0.05, 0) is 40.5 Å². The fraction of sp³-hybridized carbons (Fsp3) is 0.250. The molecule has 0 fully saturated rings. The highest BCUT2D eigenvalue weighted by molar-refractivity contribution is 9.10. The first-order chi connectivity index (χ1) is 13.5. The SMILES string of the molecule is Cc1c(Br)c(C(F)(F)F)nn1CC(=O)Nc1ncn(Cc2ccc(Cl)cc2Cl)n1. The average molecular weight is 512 g/mol. The summed E-state index contributed by atoms with van der Waals surface area (Å²) >= 11 is 14.8. The molecule has 0 aliphatic heterocycles. The van der Waals surface area contributed by atoms with Gasteiger partial charge in [0.25, 0.3) is 0 Å². The zero-order valence-electron chi connectivity index (χ0n) is 14.6. The molecule has 7 nitrogen and oxygen atoms in total. The van der Waals surface area contributed by atoms with E-state index in [4.69, 9.17) is 23.2 Å². The highest BCUT2D eigenvalue weighted by Crippen LogP contribution is 2.35. The molecule has 0 atom stereocenters. The number of anilines is 1. The molecule has 0 bridgehead atoms. The number of alkyl halides is 3. The molecule has 1 amide bonds. The second-order valence-corrected chi connectivity index (χ2v) is 7.59. The number of carbonyl (C=O) groups excluding carboxylic acids is 1. The van der Waals surface area contributed by atoms with Gasteiger partial charge in [-0.1, -0.05) is 29.3 Å². The molecule has 3 rings (SSSR count). The molecule has 0 aliphatic carbocycles. The monoisotopic (exact) mass is 510 g/mol. The van der Waals surface area contributed by atoms with Crippen LogP contribution in [0.2, 0.25) is 10.0 Å². The molecule has 2 aromatic heterocycles. The molecular formula is C16H12BrCl2F3N6O. The van der Waals surface area contributed by atoms with Crippen molar-refractivity contribution in [3.05, 3.63) is 56.0 Å². The minimum atomic E-state index is -4.63. The smallest absolute Gasteiger partial charge is 0.292 e. The zero-order valence-corrected chi connectivity index (χ0v) is 17.7. The number of nitrogens with one attached hydrogen (secondary N) is 1. The van der Waals surface area contributed by atoms with Crippen LogP contribution in [0.1, 0.15) is 17.0 Å². The van der Waals surface area contributed by atoms with Crippen LogP contribution >= 0.6 is 39.1 Å². The molecule has 29 heavy (non-hydrogen) atoms. The highest BCUT2D eigenvalue weighted by atomic mass is 79.9. The third-order valence-corrected chi connectivity index (χ3v) is 5.37. The molecule has 0 unspecified atom stereocenters. The Hall–Kier alpha value is -2.11. The van der Waals surface area contributed by atoms with Crippen molar-refractivity contribution in [3.63, 3.8) is 0 Å². The summed E-state index contributed by atoms with van der Waals surface area (Å²) in [4.78, 5) is 16.1. The predicted molar refractivity (Wildman–Crippen MR) is 104 cm³/mol. The number of aromatic nitrogens is 5. The van der Waals surface area contributed by atoms with Gasteiger partial charge in [-0.2, -0.15) is 18.3 Å². The largest absolute Gasteiger partial charge is 0.436 e. The molecule has 2 heterocycles. The quantitative estimate of drug-likeness (QED) is 0.544. The van der Waals surface area contributed by atoms with Crippen molar-refractivity contribution in [1.29, 1.82) is 0 Å². The molecule has 0 saturated heterocycles. The van der Waals surface area contributed by atoms with E-state index in [0.29, 0.717) is 16.6 Å². The van der Waals surface area contributed by atoms with Gasteiger partial charge in [0.15, 0.2) is 5.69 Å². The van der Waals surface area contributed by atoms with Crippen LogP contribution in [0.4, 0.5) is 19.1 Å². The predicted octanol–water partition coefficient (Wildman–Crippen LogP) is 4.56. The lowest BCUT2D eigenvalue weighted by Gasteiger charge is -2.05. The Balaban J connectivity index is 1.66. The van der Waals surface area contributed by atoms with E-state index >= 15 is 0 Å². The van der Waals surface area contributed by atoms with Crippen molar-refractivity contribution in [2.45, 2.75) is 26.2 Å². The summed E-state index contributed by atoms with van der Waals surface area (Å²) in [7, 11) is 0. The standard InChI is InChI=1S/C16H12BrCl2F3N6O/c1-8-13(17)14(16(20,21)22)25-28(8)6-12(29)24-15-23-7-27(26-15)5-9-2-3-10(18)4-11(9)19/h2-4,7H,5-6H2,1H3,(H,24,26,29). The minimum absolute atomic E-state index is 0.00000528. The van der Waals surface area contributed by atoms with Crippen LogP contribution < -0.4 is 5.32 Å². The second kappa shape index (κ2) is 8.33. The summed E-state index contributed by atoms with van der Waals surface area (Å²) in [5.74, 6) is -0.626. The van der Waals surface area contributed by atoms with Gasteiger partial charge in [0.1, 0.15) is 12.9 Å². The fourth-order valence-electron chi connectivity index (χ4n) is 2.41. The first-order valence-corrected chi connectivity index (χ1v) is 9.53. The zero-order chi connectivity index (χ0) is 21.3. The maximum absolute atomic E-state index is 12.9. The Morgan fingerprint density at radius 3 is 2.62 bits per heavy atom. The number of rotatable bonds is 5. The summed E-state index contributed by atoms with van der Waals surface area (Å²) in [5, 5.41) is 10.9. The van der Waals surface area contributed by atoms with Gasteiger partial charge >= 0.3 is 6.18 Å². The van der Waals surface area contributed by atoms with Gasteiger partial charge < -0.3 is 0 Å². The van der Waals surface area contributed by atoms with Crippen LogP contribution in [0.3, 0.4) is 0 Å². The van der Waals surface area contributed by atoms with Crippen LogP contribution in [0.15, 0.2) is 29.0 Å². The number of hydrogen-bond donors (Lipinski definition) is 1. The highest BCUT2D eigenvalue weighted by Gasteiger charge is 2.38. The molecule has 1 N–H and O–H groups in total. The summed E-state index contributed by atoms with van der Waals surface area (Å²) in [5.41, 5.74) is -0.177. The average Bonchev–Trinajstić information content (AvgIpc) is 3.16. The molecular weight excluding hydrogens is 500 g/mol. The fourth-order valence-corrected chi connectivity index (χ4v) is 3.39. The van der Waals surface area contributed by atoms with Crippen molar-refractivity contribution in [1.82, 2.24) is 24.5 Å². The van der Waals surface area contributed by atoms with Crippen molar-refractivity contribution in [2.75, 3.05) is 5.32 Å². The van der Waals surface area contributed by atoms with Crippen LogP contribution in [0.5, 0.6) is 0 Å². The van der Waals surface area contributed by atoms with E-state index in [1.165, 1.54) is 17.9 Å². The number of carbonyl (C=O) groups is 1. The van der Waals surface area contributed by atoms with Crippen molar-refractivity contribution < 1.29 is 18.0 Å². The summed E-state index contributed by atoms with van der Waals surface area (Å²) in [6.45, 7) is 1.28. The van der Waals surface area contributed by atoms with Crippen LogP contribution in [-0.2, 0) is 24.1 Å². The normalized spacial score (nSPS) is 11.7. The topological polar surface area (TPSA) is 77.6 Å².